The Hall–Kier alpha value is -3.97. The first-order valence-corrected chi connectivity index (χ1v) is 15.6. The minimum Gasteiger partial charge on any atom is -0.448 e. The van der Waals surface area contributed by atoms with E-state index < -0.39 is 42.1 Å². The predicted octanol–water partition coefficient (Wildman–Crippen LogP) is 3.41. The molecule has 12 nitrogen and oxygen atoms in total. The molecule has 4 aliphatic rings. The summed E-state index contributed by atoms with van der Waals surface area (Å²) in [6.45, 7) is 8.50. The summed E-state index contributed by atoms with van der Waals surface area (Å²) < 4.78 is 23.3. The standard InChI is InChI=1S/C33H39N5O7/c1-19-6-4-5-7-24(19)37-12-14-38(15-13-37)25-11-10-21(16-22(25)34-30(41)23-18-42-31(35-23)20-8-9-20)29(40)36-32-28-27(26(17-39)43-32)44-33(2,3)45-28/h4-7,10-11,16,18,20,26-28,32,39H,8-9,12-15,17H2,1-3H3,(H,34,41)(H,36,40)/t26-,27-,28?,32?/m0/s1. The molecule has 1 aromatic heterocycles. The van der Waals surface area contributed by atoms with Gasteiger partial charge in [0.25, 0.3) is 11.8 Å². The molecule has 3 aromatic rings. The fraction of sp³-hybridized carbons (Fsp3) is 0.485. The highest BCUT2D eigenvalue weighted by atomic mass is 16.8. The van der Waals surface area contributed by atoms with Crippen LogP contribution in [0.5, 0.6) is 0 Å². The first-order chi connectivity index (χ1) is 21.7. The number of carbonyl (C=O) groups is 2. The first-order valence-electron chi connectivity index (χ1n) is 15.6. The molecular weight excluding hydrogens is 578 g/mol. The van der Waals surface area contributed by atoms with E-state index in [0.29, 0.717) is 17.1 Å². The van der Waals surface area contributed by atoms with E-state index in [-0.39, 0.29) is 18.2 Å². The van der Waals surface area contributed by atoms with E-state index in [2.05, 4.69) is 50.5 Å². The van der Waals surface area contributed by atoms with Gasteiger partial charge in [-0.1, -0.05) is 18.2 Å². The summed E-state index contributed by atoms with van der Waals surface area (Å²) in [5.74, 6) is -0.818. The molecule has 1 saturated carbocycles. The van der Waals surface area contributed by atoms with Crippen LogP contribution in [0.25, 0.3) is 0 Å². The van der Waals surface area contributed by atoms with Crippen molar-refractivity contribution in [3.63, 3.8) is 0 Å². The van der Waals surface area contributed by atoms with Gasteiger partial charge in [0, 0.05) is 43.3 Å². The van der Waals surface area contributed by atoms with Crippen LogP contribution in [0, 0.1) is 6.92 Å². The van der Waals surface area contributed by atoms with Gasteiger partial charge in [-0.2, -0.15) is 0 Å². The lowest BCUT2D eigenvalue weighted by atomic mass is 10.1. The molecule has 2 unspecified atom stereocenters. The summed E-state index contributed by atoms with van der Waals surface area (Å²) in [6, 6.07) is 13.6. The zero-order valence-corrected chi connectivity index (χ0v) is 25.7. The van der Waals surface area contributed by atoms with Crippen LogP contribution in [0.1, 0.15) is 64.9 Å². The van der Waals surface area contributed by atoms with Gasteiger partial charge in [-0.15, -0.1) is 0 Å². The van der Waals surface area contributed by atoms with Crippen LogP contribution >= 0.6 is 0 Å². The van der Waals surface area contributed by atoms with Gasteiger partial charge in [0.05, 0.1) is 18.0 Å². The minimum absolute atomic E-state index is 0.198. The second-order valence-corrected chi connectivity index (χ2v) is 12.6. The van der Waals surface area contributed by atoms with Crippen molar-refractivity contribution in [1.29, 1.82) is 0 Å². The van der Waals surface area contributed by atoms with Gasteiger partial charge in [0.15, 0.2) is 23.6 Å². The molecule has 3 saturated heterocycles. The van der Waals surface area contributed by atoms with Crippen LogP contribution < -0.4 is 20.4 Å². The molecule has 0 bridgehead atoms. The largest absolute Gasteiger partial charge is 0.448 e. The number of aliphatic hydroxyl groups is 1. The van der Waals surface area contributed by atoms with Gasteiger partial charge in [0.1, 0.15) is 24.6 Å². The second kappa shape index (κ2) is 11.8. The van der Waals surface area contributed by atoms with Crippen molar-refractivity contribution < 1.29 is 33.3 Å². The number of ether oxygens (including phenoxy) is 3. The van der Waals surface area contributed by atoms with Crippen LogP contribution in [0.3, 0.4) is 0 Å². The number of anilines is 3. The van der Waals surface area contributed by atoms with E-state index in [1.165, 1.54) is 17.5 Å². The van der Waals surface area contributed by atoms with Gasteiger partial charge in [-0.3, -0.25) is 9.59 Å². The Morgan fingerprint density at radius 2 is 1.69 bits per heavy atom. The molecule has 4 fully saturated rings. The molecule has 3 aliphatic heterocycles. The highest BCUT2D eigenvalue weighted by Crippen LogP contribution is 2.40. The lowest BCUT2D eigenvalue weighted by Crippen LogP contribution is -2.47. The molecule has 1 aliphatic carbocycles. The Kier molecular flexibility index (Phi) is 7.76. The third-order valence-electron chi connectivity index (χ3n) is 8.87. The predicted molar refractivity (Wildman–Crippen MR) is 166 cm³/mol. The monoisotopic (exact) mass is 617 g/mol. The van der Waals surface area contributed by atoms with Crippen molar-refractivity contribution in [2.75, 3.05) is 47.9 Å². The number of para-hydroxylation sites is 1. The summed E-state index contributed by atoms with van der Waals surface area (Å²) >= 11 is 0. The van der Waals surface area contributed by atoms with Gasteiger partial charge in [0.2, 0.25) is 0 Å². The molecule has 12 heteroatoms. The zero-order chi connectivity index (χ0) is 31.3. The Bertz CT molecular complexity index is 1580. The summed E-state index contributed by atoms with van der Waals surface area (Å²) in [5.41, 5.74) is 4.28. The number of rotatable bonds is 8. The number of aliphatic hydroxyl groups excluding tert-OH is 1. The normalized spacial score (nSPS) is 25.7. The molecule has 4 heterocycles. The van der Waals surface area contributed by atoms with Crippen LogP contribution in [0.15, 0.2) is 53.1 Å². The number of amides is 2. The Labute approximate surface area is 261 Å². The summed E-state index contributed by atoms with van der Waals surface area (Å²) in [6.07, 6.45) is 0.891. The number of hydrogen-bond acceptors (Lipinski definition) is 10. The molecule has 238 valence electrons. The smallest absolute Gasteiger partial charge is 0.277 e. The lowest BCUT2D eigenvalue weighted by molar-refractivity contribution is -0.192. The molecule has 4 atom stereocenters. The number of aromatic nitrogens is 1. The molecular formula is C33H39N5O7. The molecule has 3 N–H and O–H groups in total. The third kappa shape index (κ3) is 6.02. The number of hydrogen-bond donors (Lipinski definition) is 3. The van der Waals surface area contributed by atoms with Gasteiger partial charge in [-0.25, -0.2) is 4.98 Å². The van der Waals surface area contributed by atoms with Crippen LogP contribution in [0.2, 0.25) is 0 Å². The topological polar surface area (TPSA) is 139 Å². The Morgan fingerprint density at radius 1 is 0.978 bits per heavy atom. The number of carbonyl (C=O) groups excluding carboxylic acids is 2. The molecule has 7 rings (SSSR count). The number of piperazine rings is 1. The SMILES string of the molecule is Cc1ccccc1N1CCN(c2ccc(C(=O)NC3O[C@@H](CO)[C@@H]4OC(C)(C)OC34)cc2NC(=O)c2coc(C3CC3)n2)CC1. The fourth-order valence-corrected chi connectivity index (χ4v) is 6.41. The van der Waals surface area contributed by atoms with E-state index in [9.17, 15) is 14.7 Å². The van der Waals surface area contributed by atoms with Crippen molar-refractivity contribution in [2.24, 2.45) is 0 Å². The number of nitrogens with zero attached hydrogens (tertiary/aromatic N) is 3. The third-order valence-corrected chi connectivity index (χ3v) is 8.87. The van der Waals surface area contributed by atoms with E-state index in [1.807, 2.05) is 12.1 Å². The maximum atomic E-state index is 13.5. The number of benzene rings is 2. The fourth-order valence-electron chi connectivity index (χ4n) is 6.41. The number of fused-ring (bicyclic) bond motifs is 1. The van der Waals surface area contributed by atoms with Crippen molar-refractivity contribution in [2.45, 2.75) is 69.9 Å². The highest BCUT2D eigenvalue weighted by molar-refractivity contribution is 6.06. The maximum Gasteiger partial charge on any atom is 0.277 e. The average molecular weight is 618 g/mol. The lowest BCUT2D eigenvalue weighted by Gasteiger charge is -2.38. The van der Waals surface area contributed by atoms with E-state index in [4.69, 9.17) is 18.6 Å². The van der Waals surface area contributed by atoms with Crippen molar-refractivity contribution in [3.8, 4) is 0 Å². The average Bonchev–Trinajstić information content (AvgIpc) is 3.55. The molecule has 0 spiro atoms. The van der Waals surface area contributed by atoms with E-state index in [0.717, 1.165) is 44.7 Å². The first kappa shape index (κ1) is 29.7. The number of aryl methyl sites for hydroxylation is 1. The van der Waals surface area contributed by atoms with Crippen molar-refractivity contribution in [3.05, 3.63) is 71.4 Å². The van der Waals surface area contributed by atoms with Gasteiger partial charge >= 0.3 is 0 Å². The van der Waals surface area contributed by atoms with Crippen LogP contribution in [-0.2, 0) is 14.2 Å². The van der Waals surface area contributed by atoms with E-state index in [1.54, 1.807) is 26.0 Å². The Morgan fingerprint density at radius 3 is 2.40 bits per heavy atom. The van der Waals surface area contributed by atoms with Gasteiger partial charge < -0.3 is 44.2 Å². The maximum absolute atomic E-state index is 13.5. The van der Waals surface area contributed by atoms with E-state index >= 15 is 0 Å². The number of nitrogens with one attached hydrogen (secondary N) is 2. The molecule has 2 aromatic carbocycles. The van der Waals surface area contributed by atoms with Crippen molar-refractivity contribution >= 4 is 28.9 Å². The van der Waals surface area contributed by atoms with Gasteiger partial charge in [-0.05, 0) is 63.4 Å². The summed E-state index contributed by atoms with van der Waals surface area (Å²) in [5, 5.41) is 15.7. The summed E-state index contributed by atoms with van der Waals surface area (Å²) in [4.78, 5) is 35.9. The quantitative estimate of drug-likeness (QED) is 0.345. The zero-order valence-electron chi connectivity index (χ0n) is 25.7. The Balaban J connectivity index is 1.11. The number of oxazole rings is 1. The molecule has 45 heavy (non-hydrogen) atoms. The van der Waals surface area contributed by atoms with Crippen LogP contribution in [0.4, 0.5) is 17.1 Å². The summed E-state index contributed by atoms with van der Waals surface area (Å²) in [7, 11) is 0. The van der Waals surface area contributed by atoms with Crippen LogP contribution in [-0.4, -0.2) is 85.0 Å². The molecule has 2 amide bonds. The highest BCUT2D eigenvalue weighted by Gasteiger charge is 2.55. The minimum atomic E-state index is -0.863. The van der Waals surface area contributed by atoms with Crippen molar-refractivity contribution in [1.82, 2.24) is 10.3 Å². The molecule has 0 radical (unpaired) electrons. The second-order valence-electron chi connectivity index (χ2n) is 12.6.